The summed E-state index contributed by atoms with van der Waals surface area (Å²) in [6.07, 6.45) is 1.70. The number of ether oxygens (including phenoxy) is 1. The zero-order chi connectivity index (χ0) is 23.8. The van der Waals surface area contributed by atoms with Gasteiger partial charge in [-0.05, 0) is 43.7 Å². The van der Waals surface area contributed by atoms with Gasteiger partial charge in [-0.2, -0.15) is 4.98 Å². The molecule has 33 heavy (non-hydrogen) atoms. The molecule has 0 unspecified atom stereocenters. The summed E-state index contributed by atoms with van der Waals surface area (Å²) in [5.41, 5.74) is 8.45. The maximum absolute atomic E-state index is 12.2. The van der Waals surface area contributed by atoms with Gasteiger partial charge in [0.05, 0.1) is 30.6 Å². The number of hydrogen-bond donors (Lipinski definition) is 4. The number of para-hydroxylation sites is 2. The average molecular weight is 469 g/mol. The van der Waals surface area contributed by atoms with E-state index in [1.165, 1.54) is 6.20 Å². The van der Waals surface area contributed by atoms with Crippen LogP contribution >= 0.6 is 11.6 Å². The molecule has 172 valence electrons. The van der Waals surface area contributed by atoms with Crippen LogP contribution in [0.1, 0.15) is 29.3 Å². The molecule has 0 radical (unpaired) electrons. The smallest absolute Gasteiger partial charge is 0.248 e. The lowest BCUT2D eigenvalue weighted by Crippen LogP contribution is -2.15. The number of carbonyl (C=O) groups is 2. The summed E-state index contributed by atoms with van der Waals surface area (Å²) in [6, 6.07) is 12.3. The highest BCUT2D eigenvalue weighted by molar-refractivity contribution is 6.33. The molecule has 0 spiro atoms. The third kappa shape index (κ3) is 6.64. The Hall–Kier alpha value is -3.69. The molecule has 0 aliphatic rings. The molecule has 9 nitrogen and oxygen atoms in total. The first kappa shape index (κ1) is 24.0. The van der Waals surface area contributed by atoms with Crippen molar-refractivity contribution in [2.45, 2.75) is 20.3 Å². The van der Waals surface area contributed by atoms with E-state index in [1.807, 2.05) is 26.0 Å². The number of benzene rings is 2. The van der Waals surface area contributed by atoms with Gasteiger partial charge >= 0.3 is 0 Å². The lowest BCUT2D eigenvalue weighted by molar-refractivity contribution is -0.117. The van der Waals surface area contributed by atoms with E-state index in [-0.39, 0.29) is 18.3 Å². The SMILES string of the molecule is CCOCCC(=O)Nc1ccccc1Nc1nc(Nc2cc(C(N)=O)ccc2C)ncc1Cl. The molecule has 0 bridgehead atoms. The third-order valence-corrected chi connectivity index (χ3v) is 4.92. The molecule has 0 atom stereocenters. The minimum atomic E-state index is -0.530. The Labute approximate surface area is 196 Å². The third-order valence-electron chi connectivity index (χ3n) is 4.64. The Morgan fingerprint density at radius 3 is 2.58 bits per heavy atom. The summed E-state index contributed by atoms with van der Waals surface area (Å²) < 4.78 is 5.23. The second kappa shape index (κ2) is 11.3. The highest BCUT2D eigenvalue weighted by Gasteiger charge is 2.12. The normalized spacial score (nSPS) is 10.5. The highest BCUT2D eigenvalue weighted by atomic mass is 35.5. The molecular weight excluding hydrogens is 444 g/mol. The Kier molecular flexibility index (Phi) is 8.17. The second-order valence-corrected chi connectivity index (χ2v) is 7.48. The van der Waals surface area contributed by atoms with Gasteiger partial charge in [0.15, 0.2) is 5.82 Å². The van der Waals surface area contributed by atoms with E-state index in [1.54, 1.807) is 30.3 Å². The second-order valence-electron chi connectivity index (χ2n) is 7.07. The minimum absolute atomic E-state index is 0.168. The lowest BCUT2D eigenvalue weighted by atomic mass is 10.1. The topological polar surface area (TPSA) is 131 Å². The van der Waals surface area contributed by atoms with Crippen molar-refractivity contribution in [2.75, 3.05) is 29.2 Å². The predicted octanol–water partition coefficient (Wildman–Crippen LogP) is 4.39. The Bertz CT molecular complexity index is 1150. The van der Waals surface area contributed by atoms with Gasteiger partial charge in [-0.1, -0.05) is 29.8 Å². The summed E-state index contributed by atoms with van der Waals surface area (Å²) in [6.45, 7) is 4.66. The summed E-state index contributed by atoms with van der Waals surface area (Å²) in [5, 5.41) is 9.38. The number of rotatable bonds is 10. The van der Waals surface area contributed by atoms with Gasteiger partial charge in [-0.25, -0.2) is 4.98 Å². The average Bonchev–Trinajstić information content (AvgIpc) is 2.79. The van der Waals surface area contributed by atoms with Gasteiger partial charge in [-0.15, -0.1) is 0 Å². The quantitative estimate of drug-likeness (QED) is 0.324. The van der Waals surface area contributed by atoms with Crippen LogP contribution < -0.4 is 21.7 Å². The Morgan fingerprint density at radius 1 is 1.09 bits per heavy atom. The van der Waals surface area contributed by atoms with E-state index in [0.29, 0.717) is 46.7 Å². The number of amides is 2. The molecule has 0 saturated heterocycles. The van der Waals surface area contributed by atoms with Gasteiger partial charge < -0.3 is 26.4 Å². The summed E-state index contributed by atoms with van der Waals surface area (Å²) in [7, 11) is 0. The maximum atomic E-state index is 12.2. The van der Waals surface area contributed by atoms with Crippen LogP contribution in [0.25, 0.3) is 0 Å². The van der Waals surface area contributed by atoms with Crippen LogP contribution in [0.4, 0.5) is 28.8 Å². The number of aryl methyl sites for hydroxylation is 1. The van der Waals surface area contributed by atoms with Gasteiger partial charge in [0.1, 0.15) is 5.02 Å². The van der Waals surface area contributed by atoms with Crippen molar-refractivity contribution in [2.24, 2.45) is 5.73 Å². The molecule has 0 aliphatic carbocycles. The number of hydrogen-bond acceptors (Lipinski definition) is 7. The Morgan fingerprint density at radius 2 is 1.85 bits per heavy atom. The van der Waals surface area contributed by atoms with E-state index < -0.39 is 5.91 Å². The zero-order valence-corrected chi connectivity index (χ0v) is 19.1. The number of anilines is 5. The van der Waals surface area contributed by atoms with Gasteiger partial charge in [0.2, 0.25) is 17.8 Å². The van der Waals surface area contributed by atoms with Crippen LogP contribution in [-0.4, -0.2) is 35.0 Å². The predicted molar refractivity (Wildman–Crippen MR) is 129 cm³/mol. The number of halogens is 1. The van der Waals surface area contributed by atoms with Crippen LogP contribution in [0.5, 0.6) is 0 Å². The first-order valence-corrected chi connectivity index (χ1v) is 10.7. The molecule has 2 amide bonds. The van der Waals surface area contributed by atoms with Gasteiger partial charge in [0.25, 0.3) is 0 Å². The van der Waals surface area contributed by atoms with Gasteiger partial charge in [0, 0.05) is 17.9 Å². The van der Waals surface area contributed by atoms with Crippen molar-refractivity contribution in [1.82, 2.24) is 9.97 Å². The number of carbonyl (C=O) groups excluding carboxylic acids is 2. The molecule has 10 heteroatoms. The van der Waals surface area contributed by atoms with E-state index in [4.69, 9.17) is 22.1 Å². The largest absolute Gasteiger partial charge is 0.381 e. The van der Waals surface area contributed by atoms with Crippen LogP contribution in [-0.2, 0) is 9.53 Å². The van der Waals surface area contributed by atoms with E-state index in [9.17, 15) is 9.59 Å². The van der Waals surface area contributed by atoms with E-state index in [2.05, 4.69) is 25.9 Å². The summed E-state index contributed by atoms with van der Waals surface area (Å²) in [5.74, 6) is -0.0882. The Balaban J connectivity index is 1.80. The highest BCUT2D eigenvalue weighted by Crippen LogP contribution is 2.29. The van der Waals surface area contributed by atoms with Crippen molar-refractivity contribution >= 4 is 52.2 Å². The fraction of sp³-hybridized carbons (Fsp3) is 0.217. The summed E-state index contributed by atoms with van der Waals surface area (Å²) >= 11 is 6.31. The molecule has 0 saturated carbocycles. The van der Waals surface area contributed by atoms with Crippen LogP contribution in [0.15, 0.2) is 48.7 Å². The number of nitrogens with two attached hydrogens (primary N) is 1. The summed E-state index contributed by atoms with van der Waals surface area (Å²) in [4.78, 5) is 32.4. The fourth-order valence-corrected chi connectivity index (χ4v) is 3.03. The van der Waals surface area contributed by atoms with E-state index in [0.717, 1.165) is 5.56 Å². The maximum Gasteiger partial charge on any atom is 0.248 e. The molecule has 3 aromatic rings. The zero-order valence-electron chi connectivity index (χ0n) is 18.3. The number of aromatic nitrogens is 2. The van der Waals surface area contributed by atoms with Crippen molar-refractivity contribution in [3.63, 3.8) is 0 Å². The van der Waals surface area contributed by atoms with Gasteiger partial charge in [-0.3, -0.25) is 9.59 Å². The number of nitrogens with one attached hydrogen (secondary N) is 3. The van der Waals surface area contributed by atoms with Crippen LogP contribution in [0.3, 0.4) is 0 Å². The minimum Gasteiger partial charge on any atom is -0.381 e. The van der Waals surface area contributed by atoms with E-state index >= 15 is 0 Å². The molecule has 5 N–H and O–H groups in total. The standard InChI is InChI=1S/C23H25ClN6O3/c1-3-33-11-10-20(31)27-17-6-4-5-7-18(17)28-22-16(24)13-26-23(30-22)29-19-12-15(21(25)32)9-8-14(19)2/h4-9,12-13H,3,10-11H2,1-2H3,(H2,25,32)(H,27,31)(H2,26,28,29,30). The number of nitrogens with zero attached hydrogens (tertiary/aromatic N) is 2. The molecule has 2 aromatic carbocycles. The van der Waals surface area contributed by atoms with Crippen molar-refractivity contribution in [3.8, 4) is 0 Å². The van der Waals surface area contributed by atoms with Crippen LogP contribution in [0, 0.1) is 6.92 Å². The lowest BCUT2D eigenvalue weighted by Gasteiger charge is -2.15. The molecule has 0 aliphatic heterocycles. The van der Waals surface area contributed by atoms with Crippen LogP contribution in [0.2, 0.25) is 5.02 Å². The fourth-order valence-electron chi connectivity index (χ4n) is 2.90. The molecule has 1 heterocycles. The monoisotopic (exact) mass is 468 g/mol. The molecule has 3 rings (SSSR count). The molecule has 1 aromatic heterocycles. The molecule has 0 fully saturated rings. The number of primary amides is 1. The first-order valence-electron chi connectivity index (χ1n) is 10.3. The molecular formula is C23H25ClN6O3. The van der Waals surface area contributed by atoms with Crippen molar-refractivity contribution in [1.29, 1.82) is 0 Å². The van der Waals surface area contributed by atoms with Crippen molar-refractivity contribution in [3.05, 3.63) is 64.8 Å². The first-order chi connectivity index (χ1) is 15.9. The van der Waals surface area contributed by atoms with Crippen molar-refractivity contribution < 1.29 is 14.3 Å².